The average molecular weight is 364 g/mol. The number of nitrogens with zero attached hydrogens (tertiary/aromatic N) is 1. The molecule has 1 saturated carbocycles. The normalized spacial score (nSPS) is 16.6. The van der Waals surface area contributed by atoms with E-state index in [2.05, 4.69) is 0 Å². The van der Waals surface area contributed by atoms with Gasteiger partial charge in [-0.3, -0.25) is 9.59 Å². The van der Waals surface area contributed by atoms with E-state index in [1.54, 1.807) is 31.2 Å². The molecule has 0 saturated heterocycles. The van der Waals surface area contributed by atoms with Gasteiger partial charge in [0.2, 0.25) is 5.91 Å². The molecule has 1 atom stereocenters. The Kier molecular flexibility index (Phi) is 7.51. The van der Waals surface area contributed by atoms with Gasteiger partial charge in [-0.2, -0.15) is 0 Å². The van der Waals surface area contributed by atoms with E-state index in [4.69, 9.17) is 16.3 Å². The van der Waals surface area contributed by atoms with Crippen LogP contribution < -0.4 is 0 Å². The lowest BCUT2D eigenvalue weighted by atomic mass is 9.93. The fraction of sp³-hybridized carbons (Fsp3) is 0.500. The minimum absolute atomic E-state index is 0.0578. The van der Waals surface area contributed by atoms with Crippen LogP contribution in [0.3, 0.4) is 0 Å². The van der Waals surface area contributed by atoms with Crippen LogP contribution in [0.4, 0.5) is 0 Å². The number of halogens is 1. The Bertz CT molecular complexity index is 606. The van der Waals surface area contributed by atoms with E-state index >= 15 is 0 Å². The summed E-state index contributed by atoms with van der Waals surface area (Å²) in [5, 5.41) is 0.666. The summed E-state index contributed by atoms with van der Waals surface area (Å²) in [5.74, 6) is -0.673. The van der Waals surface area contributed by atoms with Crippen LogP contribution in [0.1, 0.15) is 44.6 Å². The standard InChI is InChI=1S/C20H26ClNO3/c1-15(20(24)25-2)14-22(18-6-4-3-5-7-18)19(23)13-10-16-8-11-17(21)12-9-16/h8-13,15,18H,3-7,14H2,1-2H3/b13-10+. The lowest BCUT2D eigenvalue weighted by Crippen LogP contribution is -2.44. The second-order valence-electron chi connectivity index (χ2n) is 6.59. The van der Waals surface area contributed by atoms with Gasteiger partial charge < -0.3 is 9.64 Å². The van der Waals surface area contributed by atoms with Crippen molar-refractivity contribution in [1.82, 2.24) is 4.90 Å². The number of rotatable bonds is 6. The van der Waals surface area contributed by atoms with Crippen molar-refractivity contribution in [3.8, 4) is 0 Å². The molecule has 0 heterocycles. The first-order chi connectivity index (χ1) is 12.0. The zero-order valence-electron chi connectivity index (χ0n) is 14.9. The lowest BCUT2D eigenvalue weighted by molar-refractivity contribution is -0.146. The topological polar surface area (TPSA) is 46.6 Å². The van der Waals surface area contributed by atoms with E-state index in [-0.39, 0.29) is 23.8 Å². The van der Waals surface area contributed by atoms with Crippen LogP contribution in [-0.2, 0) is 14.3 Å². The Balaban J connectivity index is 2.10. The molecule has 136 valence electrons. The quantitative estimate of drug-likeness (QED) is 0.558. The number of ether oxygens (including phenoxy) is 1. The Morgan fingerprint density at radius 1 is 1.24 bits per heavy atom. The van der Waals surface area contributed by atoms with Crippen LogP contribution in [0.15, 0.2) is 30.3 Å². The van der Waals surface area contributed by atoms with Crippen LogP contribution in [0, 0.1) is 5.92 Å². The SMILES string of the molecule is COC(=O)C(C)CN(C(=O)/C=C/c1ccc(Cl)cc1)C1CCCCC1. The summed E-state index contributed by atoms with van der Waals surface area (Å²) in [6.45, 7) is 2.19. The molecule has 5 heteroatoms. The molecular formula is C20H26ClNO3. The highest BCUT2D eigenvalue weighted by atomic mass is 35.5. The maximum Gasteiger partial charge on any atom is 0.310 e. The van der Waals surface area contributed by atoms with Gasteiger partial charge in [0, 0.05) is 23.7 Å². The molecule has 2 rings (SSSR count). The number of benzene rings is 1. The molecule has 1 fully saturated rings. The zero-order valence-corrected chi connectivity index (χ0v) is 15.7. The van der Waals surface area contributed by atoms with Crippen molar-refractivity contribution in [1.29, 1.82) is 0 Å². The summed E-state index contributed by atoms with van der Waals surface area (Å²) in [6.07, 6.45) is 8.83. The van der Waals surface area contributed by atoms with Gasteiger partial charge in [0.1, 0.15) is 0 Å². The van der Waals surface area contributed by atoms with Crippen LogP contribution >= 0.6 is 11.6 Å². The molecule has 1 aromatic rings. The maximum absolute atomic E-state index is 12.8. The Hall–Kier alpha value is -1.81. The molecular weight excluding hydrogens is 338 g/mol. The number of esters is 1. The fourth-order valence-corrected chi connectivity index (χ4v) is 3.35. The Labute approximate surface area is 154 Å². The summed E-state index contributed by atoms with van der Waals surface area (Å²) in [7, 11) is 1.38. The molecule has 1 unspecified atom stereocenters. The van der Waals surface area contributed by atoms with Gasteiger partial charge in [0.15, 0.2) is 0 Å². The number of hydrogen-bond donors (Lipinski definition) is 0. The maximum atomic E-state index is 12.8. The van der Waals surface area contributed by atoms with Crippen molar-refractivity contribution >= 4 is 29.6 Å². The predicted octanol–water partition coefficient (Wildman–Crippen LogP) is 4.32. The summed E-state index contributed by atoms with van der Waals surface area (Å²) in [5.41, 5.74) is 0.919. The fourth-order valence-electron chi connectivity index (χ4n) is 3.22. The van der Waals surface area contributed by atoms with E-state index in [1.807, 2.05) is 17.0 Å². The molecule has 1 aliphatic carbocycles. The third-order valence-electron chi connectivity index (χ3n) is 4.66. The van der Waals surface area contributed by atoms with Gasteiger partial charge >= 0.3 is 5.97 Å². The van der Waals surface area contributed by atoms with Gasteiger partial charge in [0.05, 0.1) is 13.0 Å². The lowest BCUT2D eigenvalue weighted by Gasteiger charge is -2.35. The first kappa shape index (κ1) is 19.5. The minimum Gasteiger partial charge on any atom is -0.469 e. The molecule has 0 aliphatic heterocycles. The van der Waals surface area contributed by atoms with Crippen molar-refractivity contribution in [2.24, 2.45) is 5.92 Å². The molecule has 0 N–H and O–H groups in total. The molecule has 0 spiro atoms. The molecule has 1 amide bonds. The predicted molar refractivity (Wildman–Crippen MR) is 100 cm³/mol. The second kappa shape index (κ2) is 9.62. The molecule has 4 nitrogen and oxygen atoms in total. The summed E-state index contributed by atoms with van der Waals surface area (Å²) in [6, 6.07) is 7.53. The molecule has 0 aromatic heterocycles. The minimum atomic E-state index is -0.334. The van der Waals surface area contributed by atoms with E-state index < -0.39 is 0 Å². The molecule has 1 aromatic carbocycles. The molecule has 0 radical (unpaired) electrons. The number of methoxy groups -OCH3 is 1. The molecule has 25 heavy (non-hydrogen) atoms. The molecule has 1 aliphatic rings. The third-order valence-corrected chi connectivity index (χ3v) is 4.91. The van der Waals surface area contributed by atoms with E-state index in [1.165, 1.54) is 13.5 Å². The second-order valence-corrected chi connectivity index (χ2v) is 7.03. The number of hydrogen-bond acceptors (Lipinski definition) is 3. The van der Waals surface area contributed by atoms with Gasteiger partial charge in [0.25, 0.3) is 0 Å². The van der Waals surface area contributed by atoms with Gasteiger partial charge in [-0.15, -0.1) is 0 Å². The summed E-state index contributed by atoms with van der Waals surface area (Å²) in [4.78, 5) is 26.4. The Morgan fingerprint density at radius 3 is 2.48 bits per heavy atom. The average Bonchev–Trinajstić information content (AvgIpc) is 2.65. The van der Waals surface area contributed by atoms with E-state index in [0.29, 0.717) is 11.6 Å². The van der Waals surface area contributed by atoms with E-state index in [9.17, 15) is 9.59 Å². The molecule has 0 bridgehead atoms. The van der Waals surface area contributed by atoms with Crippen molar-refractivity contribution in [2.45, 2.75) is 45.1 Å². The van der Waals surface area contributed by atoms with Gasteiger partial charge in [-0.05, 0) is 36.6 Å². The highest BCUT2D eigenvalue weighted by molar-refractivity contribution is 6.30. The highest BCUT2D eigenvalue weighted by Gasteiger charge is 2.27. The van der Waals surface area contributed by atoms with Crippen LogP contribution in [-0.4, -0.2) is 36.5 Å². The highest BCUT2D eigenvalue weighted by Crippen LogP contribution is 2.24. The van der Waals surface area contributed by atoms with Crippen LogP contribution in [0.2, 0.25) is 5.02 Å². The van der Waals surface area contributed by atoms with Gasteiger partial charge in [-0.1, -0.05) is 49.9 Å². The number of carbonyl (C=O) groups is 2. The first-order valence-electron chi connectivity index (χ1n) is 8.83. The van der Waals surface area contributed by atoms with Crippen LogP contribution in [0.25, 0.3) is 6.08 Å². The number of amides is 1. The van der Waals surface area contributed by atoms with Crippen molar-refractivity contribution in [3.63, 3.8) is 0 Å². The summed E-state index contributed by atoms with van der Waals surface area (Å²) >= 11 is 5.88. The van der Waals surface area contributed by atoms with Crippen molar-refractivity contribution in [2.75, 3.05) is 13.7 Å². The Morgan fingerprint density at radius 2 is 1.88 bits per heavy atom. The van der Waals surface area contributed by atoms with Gasteiger partial charge in [-0.25, -0.2) is 0 Å². The van der Waals surface area contributed by atoms with Crippen LogP contribution in [0.5, 0.6) is 0 Å². The van der Waals surface area contributed by atoms with E-state index in [0.717, 1.165) is 31.2 Å². The third kappa shape index (κ3) is 5.89. The monoisotopic (exact) mass is 363 g/mol. The van der Waals surface area contributed by atoms with Crippen molar-refractivity contribution in [3.05, 3.63) is 40.9 Å². The largest absolute Gasteiger partial charge is 0.469 e. The van der Waals surface area contributed by atoms with Crippen molar-refractivity contribution < 1.29 is 14.3 Å². The number of carbonyl (C=O) groups excluding carboxylic acids is 2. The summed E-state index contributed by atoms with van der Waals surface area (Å²) < 4.78 is 4.81. The smallest absolute Gasteiger partial charge is 0.310 e. The first-order valence-corrected chi connectivity index (χ1v) is 9.21. The zero-order chi connectivity index (χ0) is 18.2.